The van der Waals surface area contributed by atoms with Crippen molar-refractivity contribution in [2.75, 3.05) is 12.3 Å². The van der Waals surface area contributed by atoms with E-state index in [0.29, 0.717) is 6.04 Å². The number of nitrogens with one attached hydrogen (secondary N) is 1. The Bertz CT molecular complexity index is 306. The van der Waals surface area contributed by atoms with Crippen molar-refractivity contribution in [3.8, 4) is 0 Å². The van der Waals surface area contributed by atoms with Crippen molar-refractivity contribution in [3.63, 3.8) is 0 Å². The molecule has 0 aliphatic carbocycles. The molecule has 0 bridgehead atoms. The zero-order valence-electron chi connectivity index (χ0n) is 7.39. The molecule has 0 saturated carbocycles. The van der Waals surface area contributed by atoms with E-state index < -0.39 is 0 Å². The van der Waals surface area contributed by atoms with Gasteiger partial charge in [-0.1, -0.05) is 17.7 Å². The molecule has 0 amide bonds. The Kier molecular flexibility index (Phi) is 2.42. The maximum atomic E-state index is 6.09. The molecule has 3 N–H and O–H groups in total. The molecule has 3 heteroatoms. The maximum Gasteiger partial charge on any atom is 0.0474 e. The number of halogens is 1. The number of benzene rings is 1. The Morgan fingerprint density at radius 2 is 2.31 bits per heavy atom. The topological polar surface area (TPSA) is 38.0 Å². The standard InChI is InChI=1S/C10H13ClN2/c11-9-6-7(12)3-4-8(9)10-2-1-5-13-10/h3-4,6,10,13H,1-2,5,12H2/t10-/m0/s1. The van der Waals surface area contributed by atoms with E-state index in [2.05, 4.69) is 5.32 Å². The van der Waals surface area contributed by atoms with Crippen LogP contribution < -0.4 is 11.1 Å². The molecule has 2 nitrogen and oxygen atoms in total. The van der Waals surface area contributed by atoms with Crippen LogP contribution in [0.5, 0.6) is 0 Å². The highest BCUT2D eigenvalue weighted by Crippen LogP contribution is 2.30. The number of hydrogen-bond donors (Lipinski definition) is 2. The lowest BCUT2D eigenvalue weighted by molar-refractivity contribution is 0.648. The zero-order valence-corrected chi connectivity index (χ0v) is 8.14. The minimum Gasteiger partial charge on any atom is -0.399 e. The summed E-state index contributed by atoms with van der Waals surface area (Å²) in [5.74, 6) is 0. The van der Waals surface area contributed by atoms with Crippen LogP contribution in [-0.2, 0) is 0 Å². The predicted octanol–water partition coefficient (Wildman–Crippen LogP) is 2.35. The van der Waals surface area contributed by atoms with E-state index in [1.807, 2.05) is 18.2 Å². The van der Waals surface area contributed by atoms with Gasteiger partial charge in [-0.3, -0.25) is 0 Å². The third-order valence-corrected chi connectivity index (χ3v) is 2.79. The molecule has 70 valence electrons. The third-order valence-electron chi connectivity index (χ3n) is 2.46. The zero-order chi connectivity index (χ0) is 9.26. The van der Waals surface area contributed by atoms with Gasteiger partial charge in [-0.2, -0.15) is 0 Å². The summed E-state index contributed by atoms with van der Waals surface area (Å²) < 4.78 is 0. The number of nitrogen functional groups attached to an aromatic ring is 1. The Morgan fingerprint density at radius 3 is 2.92 bits per heavy atom. The van der Waals surface area contributed by atoms with Crippen LogP contribution >= 0.6 is 11.6 Å². The summed E-state index contributed by atoms with van der Waals surface area (Å²) in [4.78, 5) is 0. The van der Waals surface area contributed by atoms with Crippen LogP contribution in [0.3, 0.4) is 0 Å². The first-order valence-corrected chi connectivity index (χ1v) is 4.93. The van der Waals surface area contributed by atoms with Crippen molar-refractivity contribution in [1.29, 1.82) is 0 Å². The molecule has 1 aliphatic heterocycles. The van der Waals surface area contributed by atoms with E-state index in [9.17, 15) is 0 Å². The molecule has 0 unspecified atom stereocenters. The van der Waals surface area contributed by atoms with Crippen LogP contribution in [0.25, 0.3) is 0 Å². The van der Waals surface area contributed by atoms with E-state index in [4.69, 9.17) is 17.3 Å². The van der Waals surface area contributed by atoms with Gasteiger partial charge in [-0.05, 0) is 37.1 Å². The van der Waals surface area contributed by atoms with Crippen molar-refractivity contribution in [3.05, 3.63) is 28.8 Å². The second-order valence-corrected chi connectivity index (χ2v) is 3.84. The normalized spacial score (nSPS) is 22.1. The van der Waals surface area contributed by atoms with Gasteiger partial charge >= 0.3 is 0 Å². The molecule has 1 atom stereocenters. The molecule has 2 rings (SSSR count). The molecule has 1 fully saturated rings. The summed E-state index contributed by atoms with van der Waals surface area (Å²) in [6, 6.07) is 6.16. The second-order valence-electron chi connectivity index (χ2n) is 3.43. The van der Waals surface area contributed by atoms with Gasteiger partial charge in [-0.25, -0.2) is 0 Å². The van der Waals surface area contributed by atoms with Gasteiger partial charge in [0, 0.05) is 16.8 Å². The van der Waals surface area contributed by atoms with Crippen LogP contribution in [0.15, 0.2) is 18.2 Å². The average molecular weight is 197 g/mol. The first-order chi connectivity index (χ1) is 6.27. The van der Waals surface area contributed by atoms with Crippen molar-refractivity contribution < 1.29 is 0 Å². The third kappa shape index (κ3) is 1.79. The van der Waals surface area contributed by atoms with Gasteiger partial charge in [0.25, 0.3) is 0 Å². The van der Waals surface area contributed by atoms with Crippen LogP contribution in [0.1, 0.15) is 24.4 Å². The lowest BCUT2D eigenvalue weighted by atomic mass is 10.1. The first-order valence-electron chi connectivity index (χ1n) is 4.55. The van der Waals surface area contributed by atoms with Gasteiger partial charge in [0.1, 0.15) is 0 Å². The second kappa shape index (κ2) is 3.56. The van der Waals surface area contributed by atoms with Gasteiger partial charge in [0.2, 0.25) is 0 Å². The lowest BCUT2D eigenvalue weighted by Gasteiger charge is -2.12. The lowest BCUT2D eigenvalue weighted by Crippen LogP contribution is -2.13. The fraction of sp³-hybridized carbons (Fsp3) is 0.400. The monoisotopic (exact) mass is 196 g/mol. The molecule has 13 heavy (non-hydrogen) atoms. The van der Waals surface area contributed by atoms with Gasteiger partial charge in [0.05, 0.1) is 0 Å². The van der Waals surface area contributed by atoms with Crippen LogP contribution in [-0.4, -0.2) is 6.54 Å². The molecule has 0 radical (unpaired) electrons. The molecule has 1 saturated heterocycles. The molecule has 1 aromatic rings. The van der Waals surface area contributed by atoms with E-state index in [1.54, 1.807) is 0 Å². The molecule has 1 heterocycles. The number of nitrogens with two attached hydrogens (primary N) is 1. The Labute approximate surface area is 83.1 Å². The minimum absolute atomic E-state index is 0.424. The highest BCUT2D eigenvalue weighted by Gasteiger charge is 2.18. The van der Waals surface area contributed by atoms with E-state index in [1.165, 1.54) is 18.4 Å². The van der Waals surface area contributed by atoms with Crippen LogP contribution in [0, 0.1) is 0 Å². The summed E-state index contributed by atoms with van der Waals surface area (Å²) >= 11 is 6.09. The van der Waals surface area contributed by atoms with E-state index in [-0.39, 0.29) is 0 Å². The molecule has 0 spiro atoms. The van der Waals surface area contributed by atoms with Crippen LogP contribution in [0.4, 0.5) is 5.69 Å². The fourth-order valence-electron chi connectivity index (χ4n) is 1.78. The van der Waals surface area contributed by atoms with Crippen molar-refractivity contribution in [2.45, 2.75) is 18.9 Å². The highest BCUT2D eigenvalue weighted by atomic mass is 35.5. The summed E-state index contributed by atoms with van der Waals surface area (Å²) in [6.45, 7) is 1.09. The molecule has 1 aliphatic rings. The quantitative estimate of drug-likeness (QED) is 0.677. The highest BCUT2D eigenvalue weighted by molar-refractivity contribution is 6.31. The molecule has 0 aromatic heterocycles. The maximum absolute atomic E-state index is 6.09. The van der Waals surface area contributed by atoms with Gasteiger partial charge < -0.3 is 11.1 Å². The van der Waals surface area contributed by atoms with Crippen molar-refractivity contribution in [1.82, 2.24) is 5.32 Å². The largest absolute Gasteiger partial charge is 0.399 e. The predicted molar refractivity (Wildman–Crippen MR) is 55.8 cm³/mol. The Balaban J connectivity index is 2.29. The summed E-state index contributed by atoms with van der Waals surface area (Å²) in [5.41, 5.74) is 7.52. The molecular weight excluding hydrogens is 184 g/mol. The van der Waals surface area contributed by atoms with Crippen molar-refractivity contribution >= 4 is 17.3 Å². The Hall–Kier alpha value is -0.730. The van der Waals surface area contributed by atoms with Gasteiger partial charge in [0.15, 0.2) is 0 Å². The molecular formula is C10H13ClN2. The van der Waals surface area contributed by atoms with Gasteiger partial charge in [-0.15, -0.1) is 0 Å². The van der Waals surface area contributed by atoms with Crippen molar-refractivity contribution in [2.24, 2.45) is 0 Å². The minimum atomic E-state index is 0.424. The Morgan fingerprint density at radius 1 is 1.46 bits per heavy atom. The summed E-state index contributed by atoms with van der Waals surface area (Å²) in [5, 5.41) is 4.19. The van der Waals surface area contributed by atoms with Crippen LogP contribution in [0.2, 0.25) is 5.02 Å². The van der Waals surface area contributed by atoms with E-state index >= 15 is 0 Å². The number of hydrogen-bond acceptors (Lipinski definition) is 2. The average Bonchev–Trinajstić information content (AvgIpc) is 2.56. The number of anilines is 1. The SMILES string of the molecule is Nc1ccc([C@@H]2CCCN2)c(Cl)c1. The molecule has 1 aromatic carbocycles. The summed E-state index contributed by atoms with van der Waals surface area (Å²) in [6.07, 6.45) is 2.40. The first kappa shape index (κ1) is 8.85. The fourth-order valence-corrected chi connectivity index (χ4v) is 2.10. The number of rotatable bonds is 1. The van der Waals surface area contributed by atoms with E-state index in [0.717, 1.165) is 17.3 Å². The summed E-state index contributed by atoms with van der Waals surface area (Å²) in [7, 11) is 0. The smallest absolute Gasteiger partial charge is 0.0474 e.